The van der Waals surface area contributed by atoms with Crippen LogP contribution in [0.5, 0.6) is 5.75 Å². The Labute approximate surface area is 137 Å². The predicted octanol–water partition coefficient (Wildman–Crippen LogP) is 4.86. The van der Waals surface area contributed by atoms with Gasteiger partial charge < -0.3 is 15.4 Å². The molecule has 0 heterocycles. The summed E-state index contributed by atoms with van der Waals surface area (Å²) in [6.07, 6.45) is -4.19. The summed E-state index contributed by atoms with van der Waals surface area (Å²) in [7, 11) is 0. The van der Waals surface area contributed by atoms with Crippen molar-refractivity contribution in [3.63, 3.8) is 0 Å². The topological polar surface area (TPSA) is 50.4 Å². The molecule has 0 saturated heterocycles. The second-order valence-electron chi connectivity index (χ2n) is 5.01. The van der Waals surface area contributed by atoms with Gasteiger partial charge in [0.15, 0.2) is 5.75 Å². The van der Waals surface area contributed by atoms with Crippen molar-refractivity contribution in [2.45, 2.75) is 25.7 Å². The normalized spacial score (nSPS) is 12.3. The molecule has 0 radical (unpaired) electrons. The first-order chi connectivity index (χ1) is 11.4. The number of carbonyl (C=O) groups excluding carboxylic acids is 1. The highest BCUT2D eigenvalue weighted by Crippen LogP contribution is 2.30. The lowest BCUT2D eigenvalue weighted by Crippen LogP contribution is -2.32. The van der Waals surface area contributed by atoms with Crippen molar-refractivity contribution in [1.29, 1.82) is 0 Å². The van der Waals surface area contributed by atoms with Crippen LogP contribution >= 0.6 is 0 Å². The summed E-state index contributed by atoms with van der Waals surface area (Å²) in [6, 6.07) is 13.8. The van der Waals surface area contributed by atoms with Crippen LogP contribution in [-0.4, -0.2) is 12.4 Å². The SMILES string of the molecule is CCC(NC(=O)Nc1ccccc1OC(F)(F)F)c1ccccc1. The fraction of sp³-hybridized carbons (Fsp3) is 0.235. The van der Waals surface area contributed by atoms with Gasteiger partial charge in [0.05, 0.1) is 11.7 Å². The first kappa shape index (κ1) is 17.7. The Bertz CT molecular complexity index is 675. The molecule has 4 nitrogen and oxygen atoms in total. The Morgan fingerprint density at radius 1 is 1.08 bits per heavy atom. The minimum atomic E-state index is -4.83. The van der Waals surface area contributed by atoms with E-state index in [1.165, 1.54) is 18.2 Å². The number of alkyl halides is 3. The number of halogens is 3. The third-order valence-corrected chi connectivity index (χ3v) is 3.28. The zero-order valence-corrected chi connectivity index (χ0v) is 12.9. The number of carbonyl (C=O) groups is 1. The quantitative estimate of drug-likeness (QED) is 0.818. The molecule has 0 spiro atoms. The largest absolute Gasteiger partial charge is 0.573 e. The average Bonchev–Trinajstić information content (AvgIpc) is 2.54. The summed E-state index contributed by atoms with van der Waals surface area (Å²) in [4.78, 5) is 12.1. The number of amides is 2. The second kappa shape index (κ2) is 7.72. The number of nitrogens with one attached hydrogen (secondary N) is 2. The van der Waals surface area contributed by atoms with E-state index in [4.69, 9.17) is 0 Å². The van der Waals surface area contributed by atoms with Crippen molar-refractivity contribution in [1.82, 2.24) is 5.32 Å². The standard InChI is InChI=1S/C17H17F3N2O2/c1-2-13(12-8-4-3-5-9-12)21-16(23)22-14-10-6-7-11-15(14)24-17(18,19)20/h3-11,13H,2H2,1H3,(H2,21,22,23). The molecule has 2 N–H and O–H groups in total. The van der Waals surface area contributed by atoms with E-state index < -0.39 is 18.1 Å². The number of urea groups is 1. The van der Waals surface area contributed by atoms with Crippen LogP contribution in [0, 0.1) is 0 Å². The highest BCUT2D eigenvalue weighted by Gasteiger charge is 2.32. The lowest BCUT2D eigenvalue weighted by molar-refractivity contribution is -0.274. The Morgan fingerprint density at radius 2 is 1.71 bits per heavy atom. The number of ether oxygens (including phenoxy) is 1. The Balaban J connectivity index is 2.07. The van der Waals surface area contributed by atoms with Crippen LogP contribution in [0.3, 0.4) is 0 Å². The maximum absolute atomic E-state index is 12.4. The highest BCUT2D eigenvalue weighted by molar-refractivity contribution is 5.91. The van der Waals surface area contributed by atoms with Crippen molar-refractivity contribution in [3.05, 3.63) is 60.2 Å². The van der Waals surface area contributed by atoms with Gasteiger partial charge >= 0.3 is 12.4 Å². The molecule has 24 heavy (non-hydrogen) atoms. The van der Waals surface area contributed by atoms with E-state index in [0.29, 0.717) is 6.42 Å². The third kappa shape index (κ3) is 5.19. The number of hydrogen-bond donors (Lipinski definition) is 2. The summed E-state index contributed by atoms with van der Waals surface area (Å²) in [5.41, 5.74) is 0.852. The molecule has 1 atom stereocenters. The van der Waals surface area contributed by atoms with E-state index in [0.717, 1.165) is 11.6 Å². The van der Waals surface area contributed by atoms with Crippen molar-refractivity contribution in [2.24, 2.45) is 0 Å². The summed E-state index contributed by atoms with van der Waals surface area (Å²) in [6.45, 7) is 1.90. The number of benzene rings is 2. The maximum Gasteiger partial charge on any atom is 0.573 e. The van der Waals surface area contributed by atoms with Gasteiger partial charge in [-0.3, -0.25) is 0 Å². The second-order valence-corrected chi connectivity index (χ2v) is 5.01. The molecule has 0 bridgehead atoms. The van der Waals surface area contributed by atoms with Gasteiger partial charge in [-0.2, -0.15) is 0 Å². The average molecular weight is 338 g/mol. The Morgan fingerprint density at radius 3 is 2.33 bits per heavy atom. The van der Waals surface area contributed by atoms with Crippen molar-refractivity contribution in [2.75, 3.05) is 5.32 Å². The lowest BCUT2D eigenvalue weighted by atomic mass is 10.1. The Kier molecular flexibility index (Phi) is 5.68. The fourth-order valence-electron chi connectivity index (χ4n) is 2.21. The molecular formula is C17H17F3N2O2. The summed E-state index contributed by atoms with van der Waals surface area (Å²) >= 11 is 0. The molecule has 0 aliphatic rings. The summed E-state index contributed by atoms with van der Waals surface area (Å²) < 4.78 is 41.1. The predicted molar refractivity (Wildman–Crippen MR) is 84.8 cm³/mol. The molecular weight excluding hydrogens is 321 g/mol. The van der Waals surface area contributed by atoms with E-state index >= 15 is 0 Å². The molecule has 128 valence electrons. The molecule has 2 aromatic rings. The molecule has 0 aromatic heterocycles. The van der Waals surface area contributed by atoms with Gasteiger partial charge in [-0.25, -0.2) is 4.79 Å². The minimum absolute atomic E-state index is 0.0600. The summed E-state index contributed by atoms with van der Waals surface area (Å²) in [5, 5.41) is 5.13. The van der Waals surface area contributed by atoms with Gasteiger partial charge in [0.25, 0.3) is 0 Å². The molecule has 0 fully saturated rings. The van der Waals surface area contributed by atoms with Gasteiger partial charge in [-0.15, -0.1) is 13.2 Å². The van der Waals surface area contributed by atoms with Crippen LogP contribution in [0.25, 0.3) is 0 Å². The van der Waals surface area contributed by atoms with Gasteiger partial charge in [-0.05, 0) is 24.1 Å². The molecule has 1 unspecified atom stereocenters. The van der Waals surface area contributed by atoms with E-state index in [-0.39, 0.29) is 11.7 Å². The van der Waals surface area contributed by atoms with E-state index in [1.807, 2.05) is 37.3 Å². The molecule has 2 aromatic carbocycles. The monoisotopic (exact) mass is 338 g/mol. The molecule has 7 heteroatoms. The molecule has 2 rings (SSSR count). The van der Waals surface area contributed by atoms with Crippen LogP contribution in [0.1, 0.15) is 24.9 Å². The highest BCUT2D eigenvalue weighted by atomic mass is 19.4. The van der Waals surface area contributed by atoms with E-state index in [1.54, 1.807) is 0 Å². The summed E-state index contributed by atoms with van der Waals surface area (Å²) in [5.74, 6) is -0.465. The number of rotatable bonds is 5. The first-order valence-electron chi connectivity index (χ1n) is 7.36. The van der Waals surface area contributed by atoms with Crippen LogP contribution < -0.4 is 15.4 Å². The molecule has 0 saturated carbocycles. The van der Waals surface area contributed by atoms with Crippen LogP contribution in [0.4, 0.5) is 23.7 Å². The minimum Gasteiger partial charge on any atom is -0.404 e. The number of anilines is 1. The maximum atomic E-state index is 12.4. The third-order valence-electron chi connectivity index (χ3n) is 3.28. The van der Waals surface area contributed by atoms with Crippen molar-refractivity contribution >= 4 is 11.7 Å². The molecule has 2 amide bonds. The van der Waals surface area contributed by atoms with Crippen LogP contribution in [0.15, 0.2) is 54.6 Å². The van der Waals surface area contributed by atoms with E-state index in [9.17, 15) is 18.0 Å². The van der Waals surface area contributed by atoms with Gasteiger partial charge in [0.1, 0.15) is 0 Å². The van der Waals surface area contributed by atoms with Crippen molar-refractivity contribution < 1.29 is 22.7 Å². The fourth-order valence-corrected chi connectivity index (χ4v) is 2.21. The number of hydrogen-bond acceptors (Lipinski definition) is 2. The van der Waals surface area contributed by atoms with Gasteiger partial charge in [-0.1, -0.05) is 49.4 Å². The van der Waals surface area contributed by atoms with Gasteiger partial charge in [0.2, 0.25) is 0 Å². The zero-order chi connectivity index (χ0) is 17.6. The number of para-hydroxylation sites is 2. The molecule has 0 aliphatic heterocycles. The van der Waals surface area contributed by atoms with E-state index in [2.05, 4.69) is 15.4 Å². The smallest absolute Gasteiger partial charge is 0.404 e. The van der Waals surface area contributed by atoms with Crippen molar-refractivity contribution in [3.8, 4) is 5.75 Å². The van der Waals surface area contributed by atoms with Crippen LogP contribution in [0.2, 0.25) is 0 Å². The first-order valence-corrected chi connectivity index (χ1v) is 7.36. The van der Waals surface area contributed by atoms with Gasteiger partial charge in [0, 0.05) is 0 Å². The lowest BCUT2D eigenvalue weighted by Gasteiger charge is -2.19. The molecule has 0 aliphatic carbocycles. The zero-order valence-electron chi connectivity index (χ0n) is 12.9. The Hall–Kier alpha value is -2.70. The van der Waals surface area contributed by atoms with Crippen LogP contribution in [-0.2, 0) is 0 Å².